The van der Waals surface area contributed by atoms with E-state index < -0.39 is 0 Å². The second-order valence-corrected chi connectivity index (χ2v) is 7.92. The number of aromatic nitrogens is 2. The number of carbonyl (C=O) groups is 1. The van der Waals surface area contributed by atoms with E-state index in [2.05, 4.69) is 12.0 Å². The number of aryl methyl sites for hydroxylation is 1. The number of thiophene rings is 1. The Morgan fingerprint density at radius 2 is 2.21 bits per heavy atom. The van der Waals surface area contributed by atoms with Crippen molar-refractivity contribution in [2.45, 2.75) is 39.2 Å². The van der Waals surface area contributed by atoms with Crippen molar-refractivity contribution in [3.63, 3.8) is 0 Å². The molecule has 24 heavy (non-hydrogen) atoms. The van der Waals surface area contributed by atoms with Gasteiger partial charge in [0.1, 0.15) is 0 Å². The van der Waals surface area contributed by atoms with Gasteiger partial charge >= 0.3 is 0 Å². The van der Waals surface area contributed by atoms with Crippen LogP contribution in [0, 0.1) is 5.92 Å². The monoisotopic (exact) mass is 343 g/mol. The van der Waals surface area contributed by atoms with E-state index in [1.807, 2.05) is 10.3 Å². The molecular weight excluding hydrogens is 322 g/mol. The minimum atomic E-state index is -0.120. The molecule has 4 rings (SSSR count). The van der Waals surface area contributed by atoms with Crippen molar-refractivity contribution >= 4 is 17.2 Å². The van der Waals surface area contributed by atoms with Crippen LogP contribution in [-0.2, 0) is 32.9 Å². The maximum absolute atomic E-state index is 13.0. The van der Waals surface area contributed by atoms with Crippen molar-refractivity contribution in [1.29, 1.82) is 0 Å². The SMILES string of the molecule is C[C@H]1CCc2c(C(=O)N3CCc4nn(C)c(=O)cc4C3)csc2C1. The lowest BCUT2D eigenvalue weighted by molar-refractivity contribution is 0.0731. The van der Waals surface area contributed by atoms with E-state index in [0.717, 1.165) is 36.1 Å². The van der Waals surface area contributed by atoms with E-state index in [9.17, 15) is 9.59 Å². The zero-order valence-corrected chi connectivity index (χ0v) is 14.9. The fraction of sp³-hybridized carbons (Fsp3) is 0.500. The molecule has 0 bridgehead atoms. The number of hydrogen-bond acceptors (Lipinski definition) is 4. The molecule has 1 aliphatic carbocycles. The number of carbonyl (C=O) groups excluding carboxylic acids is 1. The molecular formula is C18H21N3O2S. The maximum atomic E-state index is 13.0. The molecule has 0 unspecified atom stereocenters. The summed E-state index contributed by atoms with van der Waals surface area (Å²) in [5.41, 5.74) is 3.83. The quantitative estimate of drug-likeness (QED) is 0.797. The number of nitrogens with zero attached hydrogens (tertiary/aromatic N) is 3. The predicted molar refractivity (Wildman–Crippen MR) is 93.4 cm³/mol. The van der Waals surface area contributed by atoms with E-state index >= 15 is 0 Å². The summed E-state index contributed by atoms with van der Waals surface area (Å²) in [5, 5.41) is 6.35. The Balaban J connectivity index is 1.60. The molecule has 1 atom stereocenters. The van der Waals surface area contributed by atoms with Crippen LogP contribution in [0.3, 0.4) is 0 Å². The lowest BCUT2D eigenvalue weighted by atomic mass is 9.88. The van der Waals surface area contributed by atoms with Crippen LogP contribution in [0.25, 0.3) is 0 Å². The molecule has 3 heterocycles. The Kier molecular flexibility index (Phi) is 3.79. The number of hydrogen-bond donors (Lipinski definition) is 0. The van der Waals surface area contributed by atoms with Gasteiger partial charge in [0.25, 0.3) is 11.5 Å². The molecule has 1 amide bonds. The first-order valence-corrected chi connectivity index (χ1v) is 9.35. The summed E-state index contributed by atoms with van der Waals surface area (Å²) in [6, 6.07) is 1.62. The van der Waals surface area contributed by atoms with Crippen LogP contribution < -0.4 is 5.56 Å². The van der Waals surface area contributed by atoms with E-state index in [-0.39, 0.29) is 11.5 Å². The van der Waals surface area contributed by atoms with Crippen LogP contribution in [0.15, 0.2) is 16.2 Å². The minimum Gasteiger partial charge on any atom is -0.334 e. The van der Waals surface area contributed by atoms with Gasteiger partial charge in [0.15, 0.2) is 0 Å². The lowest BCUT2D eigenvalue weighted by Gasteiger charge is -2.29. The molecule has 6 heteroatoms. The van der Waals surface area contributed by atoms with Gasteiger partial charge < -0.3 is 4.90 Å². The molecule has 1 aliphatic heterocycles. The molecule has 0 aromatic carbocycles. The van der Waals surface area contributed by atoms with Gasteiger partial charge in [-0.05, 0) is 30.7 Å². The molecule has 0 saturated carbocycles. The Labute approximate surface area is 144 Å². The third-order valence-corrected chi connectivity index (χ3v) is 6.21. The van der Waals surface area contributed by atoms with Crippen molar-refractivity contribution < 1.29 is 4.79 Å². The first-order chi connectivity index (χ1) is 11.5. The lowest BCUT2D eigenvalue weighted by Crippen LogP contribution is -2.38. The van der Waals surface area contributed by atoms with Gasteiger partial charge in [-0.2, -0.15) is 5.10 Å². The highest BCUT2D eigenvalue weighted by molar-refractivity contribution is 7.10. The average molecular weight is 343 g/mol. The highest BCUT2D eigenvalue weighted by atomic mass is 32.1. The normalized spacial score (nSPS) is 19.8. The largest absolute Gasteiger partial charge is 0.334 e. The summed E-state index contributed by atoms with van der Waals surface area (Å²) in [6.45, 7) is 3.43. The molecule has 2 aromatic rings. The highest BCUT2D eigenvalue weighted by Crippen LogP contribution is 2.34. The van der Waals surface area contributed by atoms with Crippen molar-refractivity contribution in [1.82, 2.24) is 14.7 Å². The molecule has 0 spiro atoms. The summed E-state index contributed by atoms with van der Waals surface area (Å²) in [7, 11) is 1.67. The number of fused-ring (bicyclic) bond motifs is 2. The second kappa shape index (κ2) is 5.84. The molecule has 2 aliphatic rings. The van der Waals surface area contributed by atoms with Crippen molar-refractivity contribution in [3.8, 4) is 0 Å². The maximum Gasteiger partial charge on any atom is 0.266 e. The topological polar surface area (TPSA) is 55.2 Å². The summed E-state index contributed by atoms with van der Waals surface area (Å²) in [5.74, 6) is 0.816. The molecule has 0 radical (unpaired) electrons. The molecule has 2 aromatic heterocycles. The smallest absolute Gasteiger partial charge is 0.266 e. The molecule has 0 N–H and O–H groups in total. The van der Waals surface area contributed by atoms with E-state index in [4.69, 9.17) is 0 Å². The number of rotatable bonds is 1. The Morgan fingerprint density at radius 1 is 1.38 bits per heavy atom. The minimum absolute atomic E-state index is 0.105. The van der Waals surface area contributed by atoms with Crippen molar-refractivity contribution in [3.05, 3.63) is 49.1 Å². The fourth-order valence-electron chi connectivity index (χ4n) is 3.69. The van der Waals surface area contributed by atoms with E-state index in [1.165, 1.54) is 15.1 Å². The summed E-state index contributed by atoms with van der Waals surface area (Å²) < 4.78 is 1.37. The summed E-state index contributed by atoms with van der Waals surface area (Å²) in [4.78, 5) is 28.1. The van der Waals surface area contributed by atoms with Crippen LogP contribution in [0.1, 0.15) is 45.4 Å². The van der Waals surface area contributed by atoms with E-state index in [0.29, 0.717) is 25.4 Å². The highest BCUT2D eigenvalue weighted by Gasteiger charge is 2.28. The van der Waals surface area contributed by atoms with Crippen LogP contribution in [0.4, 0.5) is 0 Å². The first-order valence-electron chi connectivity index (χ1n) is 8.47. The molecule has 5 nitrogen and oxygen atoms in total. The number of amides is 1. The Morgan fingerprint density at radius 3 is 3.04 bits per heavy atom. The standard InChI is InChI=1S/C18H21N3O2S/c1-11-3-4-13-14(10-24-16(13)7-11)18(23)21-6-5-15-12(9-21)8-17(22)20(2)19-15/h8,10-11H,3-7,9H2,1-2H3/t11-/m0/s1. The van der Waals surface area contributed by atoms with Crippen LogP contribution in [0.2, 0.25) is 0 Å². The molecule has 0 fully saturated rings. The first kappa shape index (κ1) is 15.6. The average Bonchev–Trinajstić information content (AvgIpc) is 2.97. The molecule has 126 valence electrons. The second-order valence-electron chi connectivity index (χ2n) is 6.95. The van der Waals surface area contributed by atoms with Gasteiger partial charge in [0.2, 0.25) is 0 Å². The summed E-state index contributed by atoms with van der Waals surface area (Å²) in [6.07, 6.45) is 3.97. The predicted octanol–water partition coefficient (Wildman–Crippen LogP) is 2.17. The van der Waals surface area contributed by atoms with E-state index in [1.54, 1.807) is 24.5 Å². The van der Waals surface area contributed by atoms with Gasteiger partial charge in [0.05, 0.1) is 11.3 Å². The van der Waals surface area contributed by atoms with Gasteiger partial charge in [-0.25, -0.2) is 4.68 Å². The van der Waals surface area contributed by atoms with Gasteiger partial charge in [0, 0.05) is 48.4 Å². The zero-order chi connectivity index (χ0) is 16.8. The van der Waals surface area contributed by atoms with Crippen molar-refractivity contribution in [2.75, 3.05) is 6.54 Å². The Hall–Kier alpha value is -1.95. The Bertz CT molecular complexity index is 868. The third kappa shape index (κ3) is 2.59. The van der Waals surface area contributed by atoms with Gasteiger partial charge in [-0.1, -0.05) is 6.92 Å². The van der Waals surface area contributed by atoms with Crippen LogP contribution >= 0.6 is 11.3 Å². The third-order valence-electron chi connectivity index (χ3n) is 5.16. The fourth-order valence-corrected chi connectivity index (χ4v) is 4.93. The van der Waals surface area contributed by atoms with Crippen LogP contribution in [0.5, 0.6) is 0 Å². The van der Waals surface area contributed by atoms with Crippen molar-refractivity contribution in [2.24, 2.45) is 13.0 Å². The molecule has 0 saturated heterocycles. The summed E-state index contributed by atoms with van der Waals surface area (Å²) >= 11 is 1.72. The van der Waals surface area contributed by atoms with Crippen LogP contribution in [-0.4, -0.2) is 27.1 Å². The zero-order valence-electron chi connectivity index (χ0n) is 14.0. The van der Waals surface area contributed by atoms with Gasteiger partial charge in [-0.3, -0.25) is 9.59 Å². The van der Waals surface area contributed by atoms with Gasteiger partial charge in [-0.15, -0.1) is 11.3 Å².